The second kappa shape index (κ2) is 6.95. The van der Waals surface area contributed by atoms with E-state index in [1.807, 2.05) is 12.1 Å². The summed E-state index contributed by atoms with van der Waals surface area (Å²) in [6.45, 7) is 8.05. The Morgan fingerprint density at radius 1 is 1.45 bits per heavy atom. The molecule has 0 fully saturated rings. The van der Waals surface area contributed by atoms with Gasteiger partial charge in [-0.25, -0.2) is 0 Å². The van der Waals surface area contributed by atoms with Crippen LogP contribution in [0.3, 0.4) is 0 Å². The molecule has 0 heterocycles. The van der Waals surface area contributed by atoms with Crippen LogP contribution in [0.15, 0.2) is 18.2 Å². The molecule has 0 radical (unpaired) electrons. The molecule has 0 aliphatic carbocycles. The van der Waals surface area contributed by atoms with Crippen LogP contribution < -0.4 is 10.1 Å². The van der Waals surface area contributed by atoms with Crippen LogP contribution >= 0.6 is 11.6 Å². The van der Waals surface area contributed by atoms with Gasteiger partial charge >= 0.3 is 5.97 Å². The molecule has 2 N–H and O–H groups in total. The molecule has 0 bridgehead atoms. The number of carbonyl (C=O) groups is 1. The number of nitrogens with one attached hydrogen (secondary N) is 1. The largest absolute Gasteiger partial charge is 0.491 e. The number of benzene rings is 1. The predicted molar refractivity (Wildman–Crippen MR) is 80.3 cm³/mol. The van der Waals surface area contributed by atoms with E-state index in [9.17, 15) is 4.79 Å². The first kappa shape index (κ1) is 16.8. The summed E-state index contributed by atoms with van der Waals surface area (Å²) in [6, 6.07) is 5.86. The van der Waals surface area contributed by atoms with E-state index in [0.29, 0.717) is 23.4 Å². The third-order valence-corrected chi connectivity index (χ3v) is 3.20. The second-order valence-corrected chi connectivity index (χ2v) is 6.15. The number of carboxylic acid groups (broad SMARTS) is 1. The molecule has 0 saturated carbocycles. The molecule has 0 saturated heterocycles. The van der Waals surface area contributed by atoms with E-state index in [1.54, 1.807) is 19.9 Å². The van der Waals surface area contributed by atoms with E-state index in [4.69, 9.17) is 21.4 Å². The second-order valence-electron chi connectivity index (χ2n) is 5.74. The fourth-order valence-corrected chi connectivity index (χ4v) is 1.73. The Balaban J connectivity index is 2.85. The van der Waals surface area contributed by atoms with E-state index in [2.05, 4.69) is 19.2 Å². The van der Waals surface area contributed by atoms with Crippen LogP contribution in [-0.4, -0.2) is 23.7 Å². The maximum Gasteiger partial charge on any atom is 0.312 e. The number of rotatable bonds is 7. The lowest BCUT2D eigenvalue weighted by Crippen LogP contribution is -2.31. The van der Waals surface area contributed by atoms with Crippen LogP contribution in [0.4, 0.5) is 0 Å². The summed E-state index contributed by atoms with van der Waals surface area (Å²) in [6.07, 6.45) is 0. The highest BCUT2D eigenvalue weighted by Crippen LogP contribution is 2.30. The first-order valence-electron chi connectivity index (χ1n) is 6.61. The Hall–Kier alpha value is -1.26. The SMILES string of the molecule is CC(C)NCc1cccc(Cl)c1OCC(C)(C)C(=O)O. The van der Waals surface area contributed by atoms with Gasteiger partial charge in [0, 0.05) is 18.2 Å². The molecule has 1 aromatic carbocycles. The van der Waals surface area contributed by atoms with Crippen LogP contribution in [0.2, 0.25) is 5.02 Å². The summed E-state index contributed by atoms with van der Waals surface area (Å²) in [5, 5.41) is 12.9. The molecule has 112 valence electrons. The Morgan fingerprint density at radius 3 is 2.65 bits per heavy atom. The van der Waals surface area contributed by atoms with Crippen LogP contribution in [0.25, 0.3) is 0 Å². The Kier molecular flexibility index (Phi) is 5.84. The molecule has 0 atom stereocenters. The summed E-state index contributed by atoms with van der Waals surface area (Å²) in [5.74, 6) is -0.344. The van der Waals surface area contributed by atoms with Gasteiger partial charge in [-0.05, 0) is 19.9 Å². The normalized spacial score (nSPS) is 11.7. The average Bonchev–Trinajstić information content (AvgIpc) is 2.34. The topological polar surface area (TPSA) is 58.6 Å². The minimum Gasteiger partial charge on any atom is -0.491 e. The zero-order valence-corrected chi connectivity index (χ0v) is 13.1. The smallest absolute Gasteiger partial charge is 0.312 e. The fourth-order valence-electron chi connectivity index (χ4n) is 1.48. The van der Waals surface area contributed by atoms with Crippen molar-refractivity contribution in [2.24, 2.45) is 5.41 Å². The molecule has 0 aromatic heterocycles. The maximum atomic E-state index is 11.1. The van der Waals surface area contributed by atoms with E-state index >= 15 is 0 Å². The van der Waals surface area contributed by atoms with Gasteiger partial charge in [-0.15, -0.1) is 0 Å². The summed E-state index contributed by atoms with van der Waals surface area (Å²) in [5.41, 5.74) is -0.0329. The molecule has 0 spiro atoms. The van der Waals surface area contributed by atoms with Crippen molar-refractivity contribution < 1.29 is 14.6 Å². The zero-order chi connectivity index (χ0) is 15.3. The van der Waals surface area contributed by atoms with E-state index < -0.39 is 11.4 Å². The number of carboxylic acids is 1. The lowest BCUT2D eigenvalue weighted by atomic mass is 9.95. The van der Waals surface area contributed by atoms with E-state index in [0.717, 1.165) is 5.56 Å². The monoisotopic (exact) mass is 299 g/mol. The molecular weight excluding hydrogens is 278 g/mol. The van der Waals surface area contributed by atoms with Crippen molar-refractivity contribution in [3.8, 4) is 5.75 Å². The number of para-hydroxylation sites is 1. The standard InChI is InChI=1S/C15H22ClNO3/c1-10(2)17-8-11-6-5-7-12(16)13(11)20-9-15(3,4)14(18)19/h5-7,10,17H,8-9H2,1-4H3,(H,18,19). The Labute approximate surface area is 125 Å². The van der Waals surface area contributed by atoms with Crippen molar-refractivity contribution in [3.05, 3.63) is 28.8 Å². The molecule has 0 aliphatic heterocycles. The lowest BCUT2D eigenvalue weighted by Gasteiger charge is -2.22. The lowest BCUT2D eigenvalue weighted by molar-refractivity contribution is -0.148. The molecule has 1 rings (SSSR count). The van der Waals surface area contributed by atoms with Gasteiger partial charge in [0.15, 0.2) is 0 Å². The predicted octanol–water partition coefficient (Wildman–Crippen LogP) is 3.33. The fraction of sp³-hybridized carbons (Fsp3) is 0.533. The highest BCUT2D eigenvalue weighted by molar-refractivity contribution is 6.32. The molecular formula is C15H22ClNO3. The molecule has 1 aromatic rings. The Bertz CT molecular complexity index is 472. The molecule has 0 unspecified atom stereocenters. The van der Waals surface area contributed by atoms with Crippen molar-refractivity contribution in [3.63, 3.8) is 0 Å². The van der Waals surface area contributed by atoms with Gasteiger partial charge in [-0.3, -0.25) is 4.79 Å². The van der Waals surface area contributed by atoms with E-state index in [-0.39, 0.29) is 6.61 Å². The summed E-state index contributed by atoms with van der Waals surface area (Å²) >= 11 is 6.15. The highest BCUT2D eigenvalue weighted by atomic mass is 35.5. The molecule has 0 amide bonds. The van der Waals surface area contributed by atoms with Crippen molar-refractivity contribution in [2.45, 2.75) is 40.3 Å². The van der Waals surface area contributed by atoms with Gasteiger partial charge in [0.1, 0.15) is 12.4 Å². The van der Waals surface area contributed by atoms with Gasteiger partial charge in [0.25, 0.3) is 0 Å². The zero-order valence-electron chi connectivity index (χ0n) is 12.4. The molecule has 5 heteroatoms. The summed E-state index contributed by atoms with van der Waals surface area (Å²) < 4.78 is 5.67. The highest BCUT2D eigenvalue weighted by Gasteiger charge is 2.28. The van der Waals surface area contributed by atoms with Gasteiger partial charge < -0.3 is 15.2 Å². The molecule has 0 aliphatic rings. The van der Waals surface area contributed by atoms with Gasteiger partial charge in [0.2, 0.25) is 0 Å². The average molecular weight is 300 g/mol. The van der Waals surface area contributed by atoms with E-state index in [1.165, 1.54) is 0 Å². The number of aliphatic carboxylic acids is 1. The summed E-state index contributed by atoms with van der Waals surface area (Å²) in [4.78, 5) is 11.1. The minimum atomic E-state index is -0.956. The minimum absolute atomic E-state index is 0.0702. The number of ether oxygens (including phenoxy) is 1. The van der Waals surface area contributed by atoms with Crippen LogP contribution in [-0.2, 0) is 11.3 Å². The quantitative estimate of drug-likeness (QED) is 0.811. The molecule has 4 nitrogen and oxygen atoms in total. The number of hydrogen-bond acceptors (Lipinski definition) is 3. The van der Waals surface area contributed by atoms with Crippen molar-refractivity contribution >= 4 is 17.6 Å². The third kappa shape index (κ3) is 4.69. The van der Waals surface area contributed by atoms with Crippen molar-refractivity contribution in [1.82, 2.24) is 5.32 Å². The first-order chi connectivity index (χ1) is 9.24. The number of hydrogen-bond donors (Lipinski definition) is 2. The van der Waals surface area contributed by atoms with Crippen LogP contribution in [0, 0.1) is 5.41 Å². The van der Waals surface area contributed by atoms with Crippen LogP contribution in [0.5, 0.6) is 5.75 Å². The van der Waals surface area contributed by atoms with Gasteiger partial charge in [-0.2, -0.15) is 0 Å². The van der Waals surface area contributed by atoms with Crippen molar-refractivity contribution in [1.29, 1.82) is 0 Å². The van der Waals surface area contributed by atoms with Gasteiger partial charge in [0.05, 0.1) is 10.4 Å². The van der Waals surface area contributed by atoms with Gasteiger partial charge in [-0.1, -0.05) is 37.6 Å². The molecule has 20 heavy (non-hydrogen) atoms. The Morgan fingerprint density at radius 2 is 2.10 bits per heavy atom. The maximum absolute atomic E-state index is 11.1. The number of halogens is 1. The summed E-state index contributed by atoms with van der Waals surface area (Å²) in [7, 11) is 0. The van der Waals surface area contributed by atoms with Crippen molar-refractivity contribution in [2.75, 3.05) is 6.61 Å². The first-order valence-corrected chi connectivity index (χ1v) is 6.99. The third-order valence-electron chi connectivity index (χ3n) is 2.91. The van der Waals surface area contributed by atoms with Crippen LogP contribution in [0.1, 0.15) is 33.3 Å².